The number of nitrogens with two attached hydrogens (primary N) is 1. The molecule has 280 valence electrons. The van der Waals surface area contributed by atoms with Crippen LogP contribution in [0.2, 0.25) is 0 Å². The Bertz CT molecular complexity index is 1920. The van der Waals surface area contributed by atoms with E-state index in [1.807, 2.05) is 31.2 Å². The molecule has 2 N–H and O–H groups in total. The Morgan fingerprint density at radius 1 is 0.593 bits per heavy atom. The lowest BCUT2D eigenvalue weighted by atomic mass is 10.1. The van der Waals surface area contributed by atoms with Crippen molar-refractivity contribution in [3.63, 3.8) is 0 Å². The zero-order valence-corrected chi connectivity index (χ0v) is 32.8. The van der Waals surface area contributed by atoms with Gasteiger partial charge in [0.05, 0.1) is 11.1 Å². The third-order valence-corrected chi connectivity index (χ3v) is 10.2. The van der Waals surface area contributed by atoms with Crippen LogP contribution in [-0.2, 0) is 9.59 Å². The minimum atomic E-state index is -0.880. The molecule has 0 aliphatic carbocycles. The van der Waals surface area contributed by atoms with E-state index in [-0.39, 0.29) is 47.3 Å². The fourth-order valence-corrected chi connectivity index (χ4v) is 7.03. The topological polar surface area (TPSA) is 141 Å². The second kappa shape index (κ2) is 17.7. The van der Waals surface area contributed by atoms with Gasteiger partial charge in [-0.25, -0.2) is 4.39 Å². The van der Waals surface area contributed by atoms with Gasteiger partial charge in [-0.1, -0.05) is 68.3 Å². The Labute approximate surface area is 329 Å². The van der Waals surface area contributed by atoms with Crippen LogP contribution in [0.3, 0.4) is 0 Å². The first-order chi connectivity index (χ1) is 25.8. The summed E-state index contributed by atoms with van der Waals surface area (Å²) in [4.78, 5) is 81.7. The molecule has 4 aromatic rings. The lowest BCUT2D eigenvalue weighted by Gasteiger charge is -2.39. The van der Waals surface area contributed by atoms with Crippen molar-refractivity contribution in [2.24, 2.45) is 0 Å². The fraction of sp³-hybridized carbons (Fsp3) is 0.250. The average Bonchev–Trinajstić information content (AvgIpc) is 3.17. The minimum Gasteiger partial charge on any atom is -0.398 e. The summed E-state index contributed by atoms with van der Waals surface area (Å²) >= 11 is 6.41. The highest BCUT2D eigenvalue weighted by Gasteiger charge is 2.35. The number of carbonyl (C=O) groups is 6. The maximum absolute atomic E-state index is 14.0. The van der Waals surface area contributed by atoms with Crippen LogP contribution in [0.15, 0.2) is 106 Å². The monoisotopic (exact) mass is 861 g/mol. The number of hydrogen-bond donors (Lipinski definition) is 1. The molecule has 2 aliphatic heterocycles. The zero-order valence-electron chi connectivity index (χ0n) is 29.6. The van der Waals surface area contributed by atoms with E-state index >= 15 is 0 Å². The van der Waals surface area contributed by atoms with Crippen LogP contribution in [0.1, 0.15) is 55.3 Å². The van der Waals surface area contributed by atoms with E-state index in [2.05, 4.69) is 31.9 Å². The molecule has 4 amide bonds. The molecule has 6 rings (SSSR count). The molecule has 0 spiro atoms. The van der Waals surface area contributed by atoms with Crippen molar-refractivity contribution in [3.8, 4) is 0 Å². The van der Waals surface area contributed by atoms with Crippen molar-refractivity contribution in [1.82, 2.24) is 19.6 Å². The largest absolute Gasteiger partial charge is 0.398 e. The van der Waals surface area contributed by atoms with Crippen molar-refractivity contribution in [2.75, 3.05) is 45.0 Å². The van der Waals surface area contributed by atoms with E-state index in [9.17, 15) is 33.2 Å². The van der Waals surface area contributed by atoms with E-state index in [0.717, 1.165) is 10.5 Å². The number of piperazine rings is 2. The van der Waals surface area contributed by atoms with Crippen LogP contribution in [0.5, 0.6) is 0 Å². The molecule has 0 aromatic heterocycles. The second-order valence-electron chi connectivity index (χ2n) is 12.9. The van der Waals surface area contributed by atoms with E-state index in [1.54, 1.807) is 71.3 Å². The number of carbonyl (C=O) groups excluding carboxylic acids is 6. The van der Waals surface area contributed by atoms with Gasteiger partial charge in [0.1, 0.15) is 5.82 Å². The maximum Gasteiger partial charge on any atom is 0.295 e. The summed E-state index contributed by atoms with van der Waals surface area (Å²) in [5.74, 6) is -3.78. The van der Waals surface area contributed by atoms with Crippen molar-refractivity contribution < 1.29 is 33.2 Å². The first-order valence-corrected chi connectivity index (χ1v) is 18.7. The first-order valence-electron chi connectivity index (χ1n) is 17.2. The molecular weight excluding hydrogens is 825 g/mol. The number of hydrogen-bond acceptors (Lipinski definition) is 7. The summed E-state index contributed by atoms with van der Waals surface area (Å²) in [6.07, 6.45) is 0. The first kappa shape index (κ1) is 40.0. The van der Waals surface area contributed by atoms with Gasteiger partial charge in [0.2, 0.25) is 0 Å². The van der Waals surface area contributed by atoms with Crippen LogP contribution in [0.4, 0.5) is 10.1 Å². The van der Waals surface area contributed by atoms with Gasteiger partial charge < -0.3 is 25.3 Å². The number of halogens is 3. The van der Waals surface area contributed by atoms with Crippen molar-refractivity contribution in [2.45, 2.75) is 25.9 Å². The quantitative estimate of drug-likeness (QED) is 0.148. The summed E-state index contributed by atoms with van der Waals surface area (Å²) in [5.41, 5.74) is 7.27. The number of nitrogen functional groups attached to an aromatic ring is 1. The molecule has 11 nitrogen and oxygen atoms in total. The van der Waals surface area contributed by atoms with Crippen LogP contribution in [-0.4, -0.2) is 106 Å². The standard InChI is InChI=1S/C20H18BrFN2O3.C20H20BrN3O3/c2*1-13-12-23(19(26)14-5-3-2-4-6-14)9-10-24(13)20(27)18(25)16-8-7-15(21)11-17(16)22/h2-8,11,13H,9-10,12H2,1H3;2-8,11,13H,9-10,12,22H2,1H3/t2*13-/m11/s1. The Balaban J connectivity index is 0.000000208. The van der Waals surface area contributed by atoms with Gasteiger partial charge in [-0.2, -0.15) is 0 Å². The van der Waals surface area contributed by atoms with E-state index in [0.29, 0.717) is 48.3 Å². The van der Waals surface area contributed by atoms with Crippen LogP contribution >= 0.6 is 31.9 Å². The number of anilines is 1. The van der Waals surface area contributed by atoms with E-state index in [1.165, 1.54) is 21.9 Å². The van der Waals surface area contributed by atoms with Gasteiger partial charge in [-0.15, -0.1) is 0 Å². The molecule has 2 aliphatic rings. The number of amides is 4. The van der Waals surface area contributed by atoms with Gasteiger partial charge in [0.25, 0.3) is 35.2 Å². The fourth-order valence-electron chi connectivity index (χ4n) is 6.32. The van der Waals surface area contributed by atoms with Gasteiger partial charge >= 0.3 is 0 Å². The van der Waals surface area contributed by atoms with Gasteiger partial charge in [0.15, 0.2) is 0 Å². The van der Waals surface area contributed by atoms with Crippen molar-refractivity contribution in [1.29, 1.82) is 0 Å². The number of rotatable bonds is 6. The number of Topliss-reactive ketones (excluding diaryl/α,β-unsaturated/α-hetero) is 2. The van der Waals surface area contributed by atoms with E-state index in [4.69, 9.17) is 5.73 Å². The molecule has 2 heterocycles. The average molecular weight is 864 g/mol. The molecule has 0 saturated carbocycles. The SMILES string of the molecule is C[C@@H]1CN(C(=O)c2ccccc2)CCN1C(=O)C(=O)c1ccc(Br)cc1F.C[C@@H]1CN(C(=O)c2ccccc2)CCN1C(=O)C(=O)c1ccc(Br)cc1N. The zero-order chi connectivity index (χ0) is 39.1. The highest BCUT2D eigenvalue weighted by molar-refractivity contribution is 9.10. The van der Waals surface area contributed by atoms with Gasteiger partial charge in [-0.05, 0) is 74.5 Å². The molecular formula is C40H38Br2FN5O6. The normalized spacial score (nSPS) is 16.9. The van der Waals surface area contributed by atoms with Crippen LogP contribution in [0, 0.1) is 5.82 Å². The molecule has 2 fully saturated rings. The number of nitrogens with zero attached hydrogens (tertiary/aromatic N) is 4. The Kier molecular flexibility index (Phi) is 13.1. The Morgan fingerprint density at radius 2 is 1.00 bits per heavy atom. The van der Waals surface area contributed by atoms with Crippen molar-refractivity contribution in [3.05, 3.63) is 134 Å². The molecule has 2 atom stereocenters. The van der Waals surface area contributed by atoms with Gasteiger partial charge in [0, 0.05) is 77.1 Å². The highest BCUT2D eigenvalue weighted by Crippen LogP contribution is 2.22. The predicted octanol–water partition coefficient (Wildman–Crippen LogP) is 5.73. The van der Waals surface area contributed by atoms with Crippen molar-refractivity contribution >= 4 is 72.7 Å². The molecule has 0 radical (unpaired) electrons. The molecule has 4 aromatic carbocycles. The smallest absolute Gasteiger partial charge is 0.295 e. The van der Waals surface area contributed by atoms with Crippen LogP contribution < -0.4 is 5.73 Å². The highest BCUT2D eigenvalue weighted by atomic mass is 79.9. The summed E-state index contributed by atoms with van der Waals surface area (Å²) in [7, 11) is 0. The molecule has 14 heteroatoms. The Morgan fingerprint density at radius 3 is 1.41 bits per heavy atom. The lowest BCUT2D eigenvalue weighted by molar-refractivity contribution is -0.130. The second-order valence-corrected chi connectivity index (χ2v) is 14.8. The minimum absolute atomic E-state index is 0.0713. The molecule has 0 unspecified atom stereocenters. The third-order valence-electron chi connectivity index (χ3n) is 9.22. The lowest BCUT2D eigenvalue weighted by Crippen LogP contribution is -2.56. The molecule has 2 saturated heterocycles. The maximum atomic E-state index is 14.0. The summed E-state index contributed by atoms with van der Waals surface area (Å²) in [6, 6.07) is 26.1. The summed E-state index contributed by atoms with van der Waals surface area (Å²) in [6.45, 7) is 5.53. The number of benzene rings is 4. The van der Waals surface area contributed by atoms with E-state index < -0.39 is 29.2 Å². The number of ketones is 2. The predicted molar refractivity (Wildman–Crippen MR) is 208 cm³/mol. The molecule has 54 heavy (non-hydrogen) atoms. The Hall–Kier alpha value is -5.21. The third kappa shape index (κ3) is 9.29. The summed E-state index contributed by atoms with van der Waals surface area (Å²) in [5, 5.41) is 0. The molecule has 0 bridgehead atoms. The summed E-state index contributed by atoms with van der Waals surface area (Å²) < 4.78 is 15.2. The van der Waals surface area contributed by atoms with Gasteiger partial charge in [-0.3, -0.25) is 28.8 Å². The van der Waals surface area contributed by atoms with Crippen LogP contribution in [0.25, 0.3) is 0 Å².